The minimum atomic E-state index is -3.99. The fourth-order valence-electron chi connectivity index (χ4n) is 2.05. The number of fused-ring (bicyclic) bond motifs is 1. The summed E-state index contributed by atoms with van der Waals surface area (Å²) < 4.78 is 37.5. The summed E-state index contributed by atoms with van der Waals surface area (Å²) in [5, 5.41) is 8.94. The summed E-state index contributed by atoms with van der Waals surface area (Å²) in [6, 6.07) is 2.37. The van der Waals surface area contributed by atoms with Gasteiger partial charge in [-0.25, -0.2) is 8.42 Å². The molecular weight excluding hydrogens is 378 g/mol. The van der Waals surface area contributed by atoms with Crippen LogP contribution in [0.5, 0.6) is 11.5 Å². The van der Waals surface area contributed by atoms with Crippen molar-refractivity contribution in [3.05, 3.63) is 16.6 Å². The number of halogens is 1. The lowest BCUT2D eigenvalue weighted by molar-refractivity contribution is -0.137. The van der Waals surface area contributed by atoms with E-state index in [1.165, 1.54) is 12.1 Å². The first kappa shape index (κ1) is 17.0. The van der Waals surface area contributed by atoms with Gasteiger partial charge in [0.1, 0.15) is 24.7 Å². The van der Waals surface area contributed by atoms with E-state index in [9.17, 15) is 13.2 Å². The molecule has 22 heavy (non-hydrogen) atoms. The molecule has 1 aliphatic rings. The van der Waals surface area contributed by atoms with Crippen molar-refractivity contribution in [2.45, 2.75) is 24.8 Å². The maximum atomic E-state index is 12.8. The van der Waals surface area contributed by atoms with E-state index in [1.807, 2.05) is 0 Å². The molecule has 0 radical (unpaired) electrons. The average Bonchev–Trinajstić information content (AvgIpc) is 2.43. The lowest BCUT2D eigenvalue weighted by Crippen LogP contribution is -2.40. The van der Waals surface area contributed by atoms with Crippen molar-refractivity contribution < 1.29 is 27.8 Å². The Labute approximate surface area is 137 Å². The van der Waals surface area contributed by atoms with Crippen LogP contribution in [0.1, 0.15) is 13.8 Å². The lowest BCUT2D eigenvalue weighted by atomic mass is 10.3. The molecule has 1 aromatic carbocycles. The molecule has 0 bridgehead atoms. The molecule has 1 N–H and O–H groups in total. The molecule has 0 saturated heterocycles. The Bertz CT molecular complexity index is 688. The zero-order valence-electron chi connectivity index (χ0n) is 12.1. The molecule has 0 aromatic heterocycles. The third-order valence-corrected chi connectivity index (χ3v) is 6.03. The van der Waals surface area contributed by atoms with Crippen LogP contribution in [0, 0.1) is 0 Å². The maximum Gasteiger partial charge on any atom is 0.318 e. The minimum absolute atomic E-state index is 0.0494. The van der Waals surface area contributed by atoms with Gasteiger partial charge in [0.25, 0.3) is 0 Å². The number of ether oxygens (including phenoxy) is 2. The zero-order chi connectivity index (χ0) is 16.5. The number of rotatable bonds is 5. The number of carbonyl (C=O) groups is 1. The largest absolute Gasteiger partial charge is 0.486 e. The van der Waals surface area contributed by atoms with Crippen molar-refractivity contribution in [2.75, 3.05) is 19.8 Å². The summed E-state index contributed by atoms with van der Waals surface area (Å²) in [7, 11) is -3.99. The second-order valence-electron chi connectivity index (χ2n) is 4.96. The van der Waals surface area contributed by atoms with Crippen LogP contribution in [0.25, 0.3) is 0 Å². The molecule has 0 unspecified atom stereocenters. The monoisotopic (exact) mass is 393 g/mol. The summed E-state index contributed by atoms with van der Waals surface area (Å²) >= 11 is 3.21. The van der Waals surface area contributed by atoms with Crippen molar-refractivity contribution in [3.63, 3.8) is 0 Å². The first-order valence-electron chi connectivity index (χ1n) is 6.56. The van der Waals surface area contributed by atoms with E-state index in [-0.39, 0.29) is 4.90 Å². The van der Waals surface area contributed by atoms with Gasteiger partial charge in [0.15, 0.2) is 11.5 Å². The molecule has 0 amide bonds. The summed E-state index contributed by atoms with van der Waals surface area (Å²) in [6.45, 7) is 3.35. The van der Waals surface area contributed by atoms with Crippen LogP contribution in [0.4, 0.5) is 0 Å². The fourth-order valence-corrected chi connectivity index (χ4v) is 4.63. The number of benzene rings is 1. The molecule has 0 fully saturated rings. The van der Waals surface area contributed by atoms with E-state index < -0.39 is 28.6 Å². The smallest absolute Gasteiger partial charge is 0.318 e. The zero-order valence-corrected chi connectivity index (χ0v) is 14.5. The predicted molar refractivity (Wildman–Crippen MR) is 81.8 cm³/mol. The van der Waals surface area contributed by atoms with Crippen LogP contribution in [0.15, 0.2) is 21.5 Å². The number of hydrogen-bond acceptors (Lipinski definition) is 5. The van der Waals surface area contributed by atoms with Crippen molar-refractivity contribution >= 4 is 31.9 Å². The van der Waals surface area contributed by atoms with Gasteiger partial charge in [0, 0.05) is 16.6 Å². The summed E-state index contributed by atoms with van der Waals surface area (Å²) in [5.74, 6) is -0.440. The SMILES string of the molecule is CC(C)N(CC(=O)O)S(=O)(=O)c1cc2c(cc1Br)OCCO2. The molecule has 9 heteroatoms. The van der Waals surface area contributed by atoms with Gasteiger partial charge in [-0.1, -0.05) is 0 Å². The van der Waals surface area contributed by atoms with Gasteiger partial charge in [-0.2, -0.15) is 4.31 Å². The molecular formula is C13H16BrNO6S. The number of hydrogen-bond donors (Lipinski definition) is 1. The average molecular weight is 394 g/mol. The summed E-state index contributed by atoms with van der Waals surface area (Å²) in [6.07, 6.45) is 0. The lowest BCUT2D eigenvalue weighted by Gasteiger charge is -2.26. The molecule has 1 aromatic rings. The van der Waals surface area contributed by atoms with Crippen molar-refractivity contribution in [1.82, 2.24) is 4.31 Å². The Kier molecular flexibility index (Phi) is 4.98. The molecule has 1 heterocycles. The van der Waals surface area contributed by atoms with E-state index in [4.69, 9.17) is 14.6 Å². The van der Waals surface area contributed by atoms with E-state index in [1.54, 1.807) is 13.8 Å². The van der Waals surface area contributed by atoms with Crippen molar-refractivity contribution in [1.29, 1.82) is 0 Å². The maximum absolute atomic E-state index is 12.8. The number of sulfonamides is 1. The number of nitrogens with zero attached hydrogens (tertiary/aromatic N) is 1. The minimum Gasteiger partial charge on any atom is -0.486 e. The third kappa shape index (κ3) is 3.36. The molecule has 7 nitrogen and oxygen atoms in total. The highest BCUT2D eigenvalue weighted by molar-refractivity contribution is 9.10. The van der Waals surface area contributed by atoms with Crippen molar-refractivity contribution in [3.8, 4) is 11.5 Å². The van der Waals surface area contributed by atoms with Gasteiger partial charge < -0.3 is 14.6 Å². The van der Waals surface area contributed by atoms with E-state index in [0.717, 1.165) is 4.31 Å². The van der Waals surface area contributed by atoms with Crippen molar-refractivity contribution in [2.24, 2.45) is 0 Å². The normalized spacial score (nSPS) is 14.4. The van der Waals surface area contributed by atoms with Crippen LogP contribution < -0.4 is 9.47 Å². The Balaban J connectivity index is 2.50. The van der Waals surface area contributed by atoms with Crippen LogP contribution in [0.2, 0.25) is 0 Å². The van der Waals surface area contributed by atoms with E-state index in [2.05, 4.69) is 15.9 Å². The molecule has 122 valence electrons. The Morgan fingerprint density at radius 2 is 1.86 bits per heavy atom. The van der Waals surface area contributed by atoms with Crippen LogP contribution in [-0.2, 0) is 14.8 Å². The second kappa shape index (κ2) is 6.43. The van der Waals surface area contributed by atoms with Crippen LogP contribution in [0.3, 0.4) is 0 Å². The summed E-state index contributed by atoms with van der Waals surface area (Å²) in [5.41, 5.74) is 0. The summed E-state index contributed by atoms with van der Waals surface area (Å²) in [4.78, 5) is 10.9. The first-order chi connectivity index (χ1) is 10.2. The van der Waals surface area contributed by atoms with Gasteiger partial charge in [-0.3, -0.25) is 4.79 Å². The highest BCUT2D eigenvalue weighted by atomic mass is 79.9. The Morgan fingerprint density at radius 3 is 2.36 bits per heavy atom. The number of carboxylic acids is 1. The molecule has 1 aliphatic heterocycles. The quantitative estimate of drug-likeness (QED) is 0.817. The topological polar surface area (TPSA) is 93.1 Å². The van der Waals surface area contributed by atoms with Crippen LogP contribution >= 0.6 is 15.9 Å². The Hall–Kier alpha value is -1.32. The van der Waals surface area contributed by atoms with E-state index in [0.29, 0.717) is 29.2 Å². The predicted octanol–water partition coefficient (Wildman–Crippen LogP) is 1.70. The Morgan fingerprint density at radius 1 is 1.32 bits per heavy atom. The van der Waals surface area contributed by atoms with Gasteiger partial charge in [0.2, 0.25) is 10.0 Å². The fraction of sp³-hybridized carbons (Fsp3) is 0.462. The highest BCUT2D eigenvalue weighted by Gasteiger charge is 2.32. The highest BCUT2D eigenvalue weighted by Crippen LogP contribution is 2.38. The molecule has 0 saturated carbocycles. The number of aliphatic carboxylic acids is 1. The van der Waals surface area contributed by atoms with Gasteiger partial charge >= 0.3 is 5.97 Å². The molecule has 0 atom stereocenters. The van der Waals surface area contributed by atoms with Crippen LogP contribution in [-0.4, -0.2) is 49.6 Å². The molecule has 2 rings (SSSR count). The van der Waals surface area contributed by atoms with Gasteiger partial charge in [-0.15, -0.1) is 0 Å². The standard InChI is InChI=1S/C13H16BrNO6S/c1-8(2)15(7-13(16)17)22(18,19)12-6-11-10(5-9(12)14)20-3-4-21-11/h5-6,8H,3-4,7H2,1-2H3,(H,16,17). The second-order valence-corrected chi connectivity index (χ2v) is 7.68. The van der Waals surface area contributed by atoms with Gasteiger partial charge in [-0.05, 0) is 35.8 Å². The van der Waals surface area contributed by atoms with Gasteiger partial charge in [0.05, 0.1) is 0 Å². The third-order valence-electron chi connectivity index (χ3n) is 3.05. The van der Waals surface area contributed by atoms with E-state index >= 15 is 0 Å². The molecule has 0 spiro atoms. The first-order valence-corrected chi connectivity index (χ1v) is 8.79. The molecule has 0 aliphatic carbocycles. The number of carboxylic acid groups (broad SMARTS) is 1.